The molecule has 106 valence electrons. The van der Waals surface area contributed by atoms with Crippen LogP contribution in [0.25, 0.3) is 0 Å². The van der Waals surface area contributed by atoms with Crippen molar-refractivity contribution >= 4 is 38.9 Å². The molecule has 0 atom stereocenters. The fourth-order valence-electron chi connectivity index (χ4n) is 1.72. The average molecular weight is 353 g/mol. The summed E-state index contributed by atoms with van der Waals surface area (Å²) < 4.78 is 1.04. The zero-order valence-electron chi connectivity index (χ0n) is 11.3. The first-order valence-corrected chi connectivity index (χ1v) is 8.22. The third-order valence-electron chi connectivity index (χ3n) is 2.83. The second-order valence-electron chi connectivity index (χ2n) is 4.38. The maximum Gasteiger partial charge on any atom is 0.251 e. The van der Waals surface area contributed by atoms with E-state index in [9.17, 15) is 4.79 Å². The Morgan fingerprint density at radius 1 is 1.25 bits per heavy atom. The first-order valence-electron chi connectivity index (χ1n) is 6.54. The summed E-state index contributed by atoms with van der Waals surface area (Å²) in [7, 11) is 0. The molecule has 1 aromatic carbocycles. The summed E-state index contributed by atoms with van der Waals surface area (Å²) >= 11 is 5.08. The van der Waals surface area contributed by atoms with Crippen molar-refractivity contribution in [2.24, 2.45) is 0 Å². The molecule has 0 fully saturated rings. The number of thiophene rings is 1. The molecule has 2 N–H and O–H groups in total. The van der Waals surface area contributed by atoms with Gasteiger partial charge in [-0.25, -0.2) is 0 Å². The van der Waals surface area contributed by atoms with Gasteiger partial charge in [0.2, 0.25) is 0 Å². The normalized spacial score (nSPS) is 10.3. The zero-order chi connectivity index (χ0) is 14.4. The fraction of sp³-hybridized carbons (Fsp3) is 0.267. The van der Waals surface area contributed by atoms with E-state index in [0.717, 1.165) is 28.0 Å². The molecule has 2 aromatic rings. The number of anilines is 1. The predicted octanol–water partition coefficient (Wildman–Crippen LogP) is 4.26. The van der Waals surface area contributed by atoms with Crippen molar-refractivity contribution in [3.05, 3.63) is 50.6 Å². The predicted molar refractivity (Wildman–Crippen MR) is 88.4 cm³/mol. The minimum atomic E-state index is -0.0488. The van der Waals surface area contributed by atoms with Crippen molar-refractivity contribution < 1.29 is 4.79 Å². The third-order valence-corrected chi connectivity index (χ3v) is 4.75. The van der Waals surface area contributed by atoms with Gasteiger partial charge in [0.1, 0.15) is 0 Å². The molecule has 5 heteroatoms. The van der Waals surface area contributed by atoms with Crippen LogP contribution in [0.4, 0.5) is 5.69 Å². The average Bonchev–Trinajstić information content (AvgIpc) is 2.88. The van der Waals surface area contributed by atoms with Crippen LogP contribution in [-0.4, -0.2) is 12.5 Å². The van der Waals surface area contributed by atoms with Gasteiger partial charge in [0, 0.05) is 27.1 Å². The van der Waals surface area contributed by atoms with Crippen molar-refractivity contribution in [1.29, 1.82) is 0 Å². The van der Waals surface area contributed by atoms with Crippen LogP contribution >= 0.6 is 27.3 Å². The van der Waals surface area contributed by atoms with E-state index in [4.69, 9.17) is 0 Å². The maximum atomic E-state index is 12.0. The number of benzene rings is 1. The molecule has 1 aromatic heterocycles. The minimum absolute atomic E-state index is 0.0488. The van der Waals surface area contributed by atoms with Crippen LogP contribution in [0.1, 0.15) is 28.6 Å². The molecule has 1 heterocycles. The largest absolute Gasteiger partial charge is 0.385 e. The molecule has 0 bridgehead atoms. The van der Waals surface area contributed by atoms with Gasteiger partial charge in [-0.2, -0.15) is 0 Å². The lowest BCUT2D eigenvalue weighted by molar-refractivity contribution is 0.0951. The Kier molecular flexibility index (Phi) is 5.61. The summed E-state index contributed by atoms with van der Waals surface area (Å²) in [4.78, 5) is 13.2. The summed E-state index contributed by atoms with van der Waals surface area (Å²) in [5.41, 5.74) is 1.73. The van der Waals surface area contributed by atoms with Gasteiger partial charge < -0.3 is 10.6 Å². The lowest BCUT2D eigenvalue weighted by atomic mass is 10.2. The summed E-state index contributed by atoms with van der Waals surface area (Å²) in [6, 6.07) is 9.55. The highest BCUT2D eigenvalue weighted by molar-refractivity contribution is 9.10. The molecule has 0 spiro atoms. The van der Waals surface area contributed by atoms with Crippen LogP contribution in [0.2, 0.25) is 0 Å². The van der Waals surface area contributed by atoms with Gasteiger partial charge in [-0.15, -0.1) is 11.3 Å². The molecule has 0 aliphatic heterocycles. The van der Waals surface area contributed by atoms with Crippen molar-refractivity contribution in [2.45, 2.75) is 19.9 Å². The number of carbonyl (C=O) groups excluding carboxylic acids is 1. The molecule has 20 heavy (non-hydrogen) atoms. The van der Waals surface area contributed by atoms with Crippen LogP contribution in [0, 0.1) is 0 Å². The van der Waals surface area contributed by atoms with Gasteiger partial charge in [-0.3, -0.25) is 4.79 Å². The molecular weight excluding hydrogens is 336 g/mol. The van der Waals surface area contributed by atoms with E-state index in [1.165, 1.54) is 0 Å². The number of carbonyl (C=O) groups is 1. The lowest BCUT2D eigenvalue weighted by Crippen LogP contribution is -2.22. The monoisotopic (exact) mass is 352 g/mol. The zero-order valence-corrected chi connectivity index (χ0v) is 13.7. The molecule has 0 saturated carbocycles. The first kappa shape index (κ1) is 15.1. The van der Waals surface area contributed by atoms with Gasteiger partial charge in [0.25, 0.3) is 5.91 Å². The van der Waals surface area contributed by atoms with Crippen molar-refractivity contribution in [3.8, 4) is 0 Å². The van der Waals surface area contributed by atoms with Crippen LogP contribution in [0.15, 0.2) is 40.2 Å². The Bertz CT molecular complexity index is 566. The number of hydrogen-bond acceptors (Lipinski definition) is 3. The molecule has 3 nitrogen and oxygen atoms in total. The quantitative estimate of drug-likeness (QED) is 0.815. The molecule has 0 unspecified atom stereocenters. The second kappa shape index (κ2) is 7.45. The minimum Gasteiger partial charge on any atom is -0.385 e. The molecule has 0 radical (unpaired) electrons. The number of amides is 1. The Labute approximate surface area is 131 Å². The highest BCUT2D eigenvalue weighted by Crippen LogP contribution is 2.22. The summed E-state index contributed by atoms with van der Waals surface area (Å²) in [5, 5.41) is 8.21. The number of halogens is 1. The van der Waals surface area contributed by atoms with Crippen molar-refractivity contribution in [1.82, 2.24) is 5.32 Å². The Morgan fingerprint density at radius 3 is 2.60 bits per heavy atom. The Balaban J connectivity index is 1.90. The third kappa shape index (κ3) is 4.08. The van der Waals surface area contributed by atoms with Gasteiger partial charge in [0.05, 0.1) is 6.54 Å². The van der Waals surface area contributed by atoms with E-state index < -0.39 is 0 Å². The van der Waals surface area contributed by atoms with Crippen LogP contribution < -0.4 is 10.6 Å². The van der Waals surface area contributed by atoms with Gasteiger partial charge in [-0.05, 0) is 58.1 Å². The smallest absolute Gasteiger partial charge is 0.251 e. The van der Waals surface area contributed by atoms with Gasteiger partial charge >= 0.3 is 0 Å². The summed E-state index contributed by atoms with van der Waals surface area (Å²) in [6.07, 6.45) is 1.08. The van der Waals surface area contributed by atoms with E-state index in [1.54, 1.807) is 11.3 Å². The first-order chi connectivity index (χ1) is 9.70. The standard InChI is InChI=1S/C15H17BrN2OS/c1-2-8-17-12-5-3-11(4-6-12)15(19)18-10-14-13(16)7-9-20-14/h3-7,9,17H,2,8,10H2,1H3,(H,18,19). The molecule has 2 rings (SSSR count). The van der Waals surface area contributed by atoms with E-state index >= 15 is 0 Å². The maximum absolute atomic E-state index is 12.0. The highest BCUT2D eigenvalue weighted by atomic mass is 79.9. The van der Waals surface area contributed by atoms with Crippen LogP contribution in [-0.2, 0) is 6.54 Å². The van der Waals surface area contributed by atoms with Crippen LogP contribution in [0.3, 0.4) is 0 Å². The molecule has 0 saturated heterocycles. The Morgan fingerprint density at radius 2 is 2.00 bits per heavy atom. The summed E-state index contributed by atoms with van der Waals surface area (Å²) in [6.45, 7) is 3.61. The molecule has 1 amide bonds. The lowest BCUT2D eigenvalue weighted by Gasteiger charge is -2.07. The number of hydrogen-bond donors (Lipinski definition) is 2. The SMILES string of the molecule is CCCNc1ccc(C(=O)NCc2sccc2Br)cc1. The highest BCUT2D eigenvalue weighted by Gasteiger charge is 2.07. The van der Waals surface area contributed by atoms with Crippen molar-refractivity contribution in [3.63, 3.8) is 0 Å². The molecule has 0 aliphatic carbocycles. The van der Waals surface area contributed by atoms with Crippen LogP contribution in [0.5, 0.6) is 0 Å². The topological polar surface area (TPSA) is 41.1 Å². The van der Waals surface area contributed by atoms with Gasteiger partial charge in [0.15, 0.2) is 0 Å². The number of nitrogens with one attached hydrogen (secondary N) is 2. The summed E-state index contributed by atoms with van der Waals surface area (Å²) in [5.74, 6) is -0.0488. The Hall–Kier alpha value is -1.33. The molecule has 0 aliphatic rings. The van der Waals surface area contributed by atoms with E-state index in [0.29, 0.717) is 12.1 Å². The fourth-order valence-corrected chi connectivity index (χ4v) is 3.15. The second-order valence-corrected chi connectivity index (χ2v) is 6.23. The number of rotatable bonds is 6. The van der Waals surface area contributed by atoms with E-state index in [2.05, 4.69) is 33.5 Å². The molecular formula is C15H17BrN2OS. The van der Waals surface area contributed by atoms with Gasteiger partial charge in [-0.1, -0.05) is 6.92 Å². The van der Waals surface area contributed by atoms with E-state index in [1.807, 2.05) is 35.7 Å². The van der Waals surface area contributed by atoms with Crippen molar-refractivity contribution in [2.75, 3.05) is 11.9 Å². The van der Waals surface area contributed by atoms with E-state index in [-0.39, 0.29) is 5.91 Å².